The van der Waals surface area contributed by atoms with Crippen molar-refractivity contribution in [1.29, 1.82) is 0 Å². The minimum Gasteiger partial charge on any atom is -0.482 e. The van der Waals surface area contributed by atoms with E-state index in [4.69, 9.17) is 9.84 Å². The second kappa shape index (κ2) is 7.55. The minimum absolute atomic E-state index is 0.0320. The number of carbonyl (C=O) groups is 1. The molecule has 2 aromatic rings. The van der Waals surface area contributed by atoms with E-state index in [9.17, 15) is 14.9 Å². The van der Waals surface area contributed by atoms with Crippen LogP contribution in [0.25, 0.3) is 0 Å². The van der Waals surface area contributed by atoms with E-state index in [1.54, 1.807) is 42.5 Å². The maximum Gasteiger partial charge on any atom is 0.341 e. The van der Waals surface area contributed by atoms with Crippen LogP contribution < -0.4 is 10.2 Å². The standard InChI is InChI=1S/C15H13N3O5/c19-15(20)10-23-13-7-5-12(6-8-13)17-16-9-11-3-1-2-4-14(11)18(21)22/h1-9,17H,10H2,(H,19,20)/b16-9-. The fourth-order valence-corrected chi connectivity index (χ4v) is 1.71. The van der Waals surface area contributed by atoms with Gasteiger partial charge in [-0.15, -0.1) is 0 Å². The maximum absolute atomic E-state index is 10.9. The summed E-state index contributed by atoms with van der Waals surface area (Å²) >= 11 is 0. The van der Waals surface area contributed by atoms with E-state index in [2.05, 4.69) is 10.5 Å². The van der Waals surface area contributed by atoms with E-state index in [1.807, 2.05) is 0 Å². The molecule has 8 heteroatoms. The molecule has 0 amide bonds. The molecule has 0 aliphatic rings. The van der Waals surface area contributed by atoms with Crippen LogP contribution in [0, 0.1) is 10.1 Å². The second-order valence-electron chi connectivity index (χ2n) is 4.39. The van der Waals surface area contributed by atoms with Crippen LogP contribution in [0.15, 0.2) is 53.6 Å². The number of ether oxygens (including phenoxy) is 1. The second-order valence-corrected chi connectivity index (χ2v) is 4.39. The monoisotopic (exact) mass is 315 g/mol. The van der Waals surface area contributed by atoms with Gasteiger partial charge in [0, 0.05) is 6.07 Å². The van der Waals surface area contributed by atoms with E-state index in [0.29, 0.717) is 17.0 Å². The number of para-hydroxylation sites is 1. The van der Waals surface area contributed by atoms with Crippen molar-refractivity contribution in [2.45, 2.75) is 0 Å². The Morgan fingerprint density at radius 2 is 1.96 bits per heavy atom. The molecule has 8 nitrogen and oxygen atoms in total. The molecule has 2 aromatic carbocycles. The fourth-order valence-electron chi connectivity index (χ4n) is 1.71. The summed E-state index contributed by atoms with van der Waals surface area (Å²) in [5, 5.41) is 23.3. The Morgan fingerprint density at radius 3 is 2.61 bits per heavy atom. The molecule has 0 radical (unpaired) electrons. The number of rotatable bonds is 7. The molecular weight excluding hydrogens is 302 g/mol. The topological polar surface area (TPSA) is 114 Å². The number of nitrogens with one attached hydrogen (secondary N) is 1. The summed E-state index contributed by atoms with van der Waals surface area (Å²) in [5.41, 5.74) is 3.70. The first-order valence-corrected chi connectivity index (χ1v) is 6.53. The lowest BCUT2D eigenvalue weighted by Gasteiger charge is -2.04. The Balaban J connectivity index is 1.98. The van der Waals surface area contributed by atoms with Crippen molar-refractivity contribution in [3.8, 4) is 5.75 Å². The van der Waals surface area contributed by atoms with Crippen LogP contribution in [0.4, 0.5) is 11.4 Å². The molecule has 0 atom stereocenters. The highest BCUT2D eigenvalue weighted by molar-refractivity contribution is 5.85. The number of hydrogen-bond donors (Lipinski definition) is 2. The zero-order valence-electron chi connectivity index (χ0n) is 11.9. The van der Waals surface area contributed by atoms with E-state index in [0.717, 1.165) is 0 Å². The molecule has 0 spiro atoms. The molecule has 0 aliphatic carbocycles. The molecule has 0 saturated heterocycles. The SMILES string of the molecule is O=C(O)COc1ccc(N/N=C\c2ccccc2[N+](=O)[O-])cc1. The van der Waals surface area contributed by atoms with Crippen molar-refractivity contribution < 1.29 is 19.6 Å². The van der Waals surface area contributed by atoms with Gasteiger partial charge < -0.3 is 9.84 Å². The molecule has 2 rings (SSSR count). The summed E-state index contributed by atoms with van der Waals surface area (Å²) < 4.78 is 5.00. The van der Waals surface area contributed by atoms with Crippen molar-refractivity contribution in [2.24, 2.45) is 5.10 Å². The van der Waals surface area contributed by atoms with Crippen molar-refractivity contribution in [3.63, 3.8) is 0 Å². The molecule has 0 saturated carbocycles. The highest BCUT2D eigenvalue weighted by atomic mass is 16.6. The Labute approximate surface area is 131 Å². The first kappa shape index (κ1) is 16.0. The average Bonchev–Trinajstić information content (AvgIpc) is 2.54. The van der Waals surface area contributed by atoms with Gasteiger partial charge in [0.05, 0.1) is 22.4 Å². The molecule has 0 fully saturated rings. The van der Waals surface area contributed by atoms with Gasteiger partial charge in [-0.1, -0.05) is 12.1 Å². The number of carboxylic acid groups (broad SMARTS) is 1. The van der Waals surface area contributed by atoms with Gasteiger partial charge in [0.25, 0.3) is 5.69 Å². The third-order valence-electron chi connectivity index (χ3n) is 2.75. The van der Waals surface area contributed by atoms with Gasteiger partial charge in [-0.25, -0.2) is 4.79 Å². The quantitative estimate of drug-likeness (QED) is 0.461. The van der Waals surface area contributed by atoms with Gasteiger partial charge in [0.1, 0.15) is 5.75 Å². The third kappa shape index (κ3) is 4.81. The molecule has 0 aromatic heterocycles. The van der Waals surface area contributed by atoms with E-state index in [-0.39, 0.29) is 5.69 Å². The van der Waals surface area contributed by atoms with E-state index >= 15 is 0 Å². The zero-order valence-corrected chi connectivity index (χ0v) is 11.9. The first-order chi connectivity index (χ1) is 11.1. The van der Waals surface area contributed by atoms with Crippen molar-refractivity contribution in [3.05, 3.63) is 64.2 Å². The lowest BCUT2D eigenvalue weighted by molar-refractivity contribution is -0.385. The highest BCUT2D eigenvalue weighted by Gasteiger charge is 2.09. The first-order valence-electron chi connectivity index (χ1n) is 6.53. The maximum atomic E-state index is 10.9. The van der Waals surface area contributed by atoms with Crippen LogP contribution >= 0.6 is 0 Å². The summed E-state index contributed by atoms with van der Waals surface area (Å²) in [6.07, 6.45) is 1.35. The Hall–Kier alpha value is -3.42. The van der Waals surface area contributed by atoms with E-state index < -0.39 is 17.5 Å². The van der Waals surface area contributed by atoms with Gasteiger partial charge in [-0.05, 0) is 30.3 Å². The summed E-state index contributed by atoms with van der Waals surface area (Å²) in [5.74, 6) is -0.637. The number of hydrogen-bond acceptors (Lipinski definition) is 6. The lowest BCUT2D eigenvalue weighted by atomic mass is 10.2. The van der Waals surface area contributed by atoms with Crippen LogP contribution in [0.3, 0.4) is 0 Å². The number of nitrogens with zero attached hydrogens (tertiary/aromatic N) is 2. The Bertz CT molecular complexity index is 728. The molecule has 0 heterocycles. The van der Waals surface area contributed by atoms with Crippen LogP contribution in [0.1, 0.15) is 5.56 Å². The molecule has 23 heavy (non-hydrogen) atoms. The van der Waals surface area contributed by atoms with Crippen LogP contribution in [-0.4, -0.2) is 28.8 Å². The van der Waals surface area contributed by atoms with Gasteiger partial charge in [-0.3, -0.25) is 15.5 Å². The van der Waals surface area contributed by atoms with Crippen LogP contribution in [0.2, 0.25) is 0 Å². The van der Waals surface area contributed by atoms with Gasteiger partial charge in [0.15, 0.2) is 6.61 Å². The molecule has 118 valence electrons. The summed E-state index contributed by atoms with van der Waals surface area (Å²) in [7, 11) is 0. The predicted octanol–water partition coefficient (Wildman–Crippen LogP) is 2.50. The number of carboxylic acids is 1. The van der Waals surface area contributed by atoms with Gasteiger partial charge in [-0.2, -0.15) is 5.10 Å². The highest BCUT2D eigenvalue weighted by Crippen LogP contribution is 2.17. The predicted molar refractivity (Wildman–Crippen MR) is 83.9 cm³/mol. The smallest absolute Gasteiger partial charge is 0.341 e. The van der Waals surface area contributed by atoms with E-state index in [1.165, 1.54) is 12.3 Å². The summed E-state index contributed by atoms with van der Waals surface area (Å²) in [6.45, 7) is -0.414. The molecule has 0 bridgehead atoms. The van der Waals surface area contributed by atoms with Crippen molar-refractivity contribution >= 4 is 23.6 Å². The minimum atomic E-state index is -1.05. The number of aliphatic carboxylic acids is 1. The van der Waals surface area contributed by atoms with Crippen LogP contribution in [-0.2, 0) is 4.79 Å². The molecule has 0 aliphatic heterocycles. The number of nitro benzene ring substituents is 1. The molecule has 0 unspecified atom stereocenters. The Kier molecular flexibility index (Phi) is 5.24. The van der Waals surface area contributed by atoms with Gasteiger partial charge >= 0.3 is 5.97 Å². The summed E-state index contributed by atoms with van der Waals surface area (Å²) in [6, 6.07) is 12.7. The van der Waals surface area contributed by atoms with Crippen LogP contribution in [0.5, 0.6) is 5.75 Å². The number of nitro groups is 1. The molecular formula is C15H13N3O5. The zero-order chi connectivity index (χ0) is 16.7. The molecule has 2 N–H and O–H groups in total. The number of benzene rings is 2. The third-order valence-corrected chi connectivity index (χ3v) is 2.75. The number of hydrazone groups is 1. The summed E-state index contributed by atoms with van der Waals surface area (Å²) in [4.78, 5) is 20.8. The van der Waals surface area contributed by atoms with Crippen molar-refractivity contribution in [1.82, 2.24) is 0 Å². The normalized spacial score (nSPS) is 10.4. The number of anilines is 1. The van der Waals surface area contributed by atoms with Gasteiger partial charge in [0.2, 0.25) is 0 Å². The lowest BCUT2D eigenvalue weighted by Crippen LogP contribution is -2.09. The fraction of sp³-hybridized carbons (Fsp3) is 0.0667. The Morgan fingerprint density at radius 1 is 1.26 bits per heavy atom. The van der Waals surface area contributed by atoms with Crippen molar-refractivity contribution in [2.75, 3.05) is 12.0 Å². The average molecular weight is 315 g/mol. The largest absolute Gasteiger partial charge is 0.482 e.